The van der Waals surface area contributed by atoms with E-state index < -0.39 is 0 Å². The maximum absolute atomic E-state index is 11.3. The van der Waals surface area contributed by atoms with Crippen molar-refractivity contribution in [2.75, 3.05) is 32.7 Å². The van der Waals surface area contributed by atoms with E-state index in [1.165, 1.54) is 0 Å². The van der Waals surface area contributed by atoms with Crippen molar-refractivity contribution in [2.45, 2.75) is 25.8 Å². The number of piperidine rings is 1. The first kappa shape index (κ1) is 19.1. The van der Waals surface area contributed by atoms with Crippen molar-refractivity contribution < 1.29 is 6.22 Å². The van der Waals surface area contributed by atoms with Gasteiger partial charge in [0.2, 0.25) is 5.91 Å². The van der Waals surface area contributed by atoms with Crippen LogP contribution in [0.25, 0.3) is 0 Å². The molecule has 2 fully saturated rings. The maximum Gasteiger partial charge on any atom is 0.220 e. The Labute approximate surface area is 155 Å². The van der Waals surface area contributed by atoms with E-state index in [1.807, 2.05) is 17.2 Å². The number of amides is 1. The van der Waals surface area contributed by atoms with E-state index in [2.05, 4.69) is 16.5 Å². The Morgan fingerprint density at radius 3 is 2.68 bits per heavy atom. The molecule has 25 heavy (non-hydrogen) atoms. The van der Waals surface area contributed by atoms with E-state index in [-0.39, 0.29) is 13.4 Å². The van der Waals surface area contributed by atoms with E-state index in [1.54, 1.807) is 18.0 Å². The van der Waals surface area contributed by atoms with Crippen LogP contribution in [0.2, 0.25) is 0 Å². The fourth-order valence-corrected chi connectivity index (χ4v) is 3.27. The Morgan fingerprint density at radius 1 is 1.44 bits per heavy atom. The molecule has 7 nitrogen and oxygen atoms in total. The average molecular weight is 365 g/mol. The first-order valence-electron chi connectivity index (χ1n) is 8.42. The largest absolute Gasteiger partial charge is 0.376 e. The van der Waals surface area contributed by atoms with Gasteiger partial charge in [0.15, 0.2) is 5.11 Å². The predicted octanol–water partition coefficient (Wildman–Crippen LogP) is 1.22. The van der Waals surface area contributed by atoms with Crippen LogP contribution in [0.4, 0.5) is 0 Å². The van der Waals surface area contributed by atoms with Crippen LogP contribution in [0.3, 0.4) is 0 Å². The number of rotatable bonds is 1. The average Bonchev–Trinajstić information content (AvgIpc) is 2.62. The highest BCUT2D eigenvalue weighted by Crippen LogP contribution is 2.19. The van der Waals surface area contributed by atoms with Gasteiger partial charge in [-0.15, -0.1) is 0 Å². The first-order valence-corrected chi connectivity index (χ1v) is 8.83. The number of likely N-dealkylation sites (tertiary alicyclic amines) is 1. The number of nitrogens with zero attached hydrogens (tertiary/aromatic N) is 4. The number of thiocarbonyl (C=S) groups is 1. The normalized spacial score (nSPS) is 22.4. The van der Waals surface area contributed by atoms with Gasteiger partial charge in [0.25, 0.3) is 0 Å². The molecule has 0 aromatic rings. The lowest BCUT2D eigenvalue weighted by molar-refractivity contribution is -0.129. The standard InChI is InChI=1S/C10H13N3O.C7H13N3S.H2/c1-7(14)13-6-4-8(11)10-9(13)3-2-5-12-10;1-2-9-3-5-10(6-4-9)7(8)11;/h2,5,9,11H,3-4,6H2,1H3;2H,1,3-6H2,(H2,8,11);1H. The molecule has 3 aliphatic rings. The lowest BCUT2D eigenvalue weighted by Crippen LogP contribution is -2.52. The summed E-state index contributed by atoms with van der Waals surface area (Å²) in [6.07, 6.45) is 6.95. The second-order valence-electron chi connectivity index (χ2n) is 6.14. The van der Waals surface area contributed by atoms with Crippen molar-refractivity contribution in [1.82, 2.24) is 14.7 Å². The summed E-state index contributed by atoms with van der Waals surface area (Å²) in [4.78, 5) is 21.5. The molecule has 8 heteroatoms. The molecule has 2 saturated heterocycles. The minimum absolute atomic E-state index is 0. The number of fused-ring (bicyclic) bond motifs is 1. The number of hydrogen-bond donors (Lipinski definition) is 2. The summed E-state index contributed by atoms with van der Waals surface area (Å²) in [5.41, 5.74) is 6.82. The number of hydrogen-bond acceptors (Lipinski definition) is 5. The Morgan fingerprint density at radius 2 is 2.12 bits per heavy atom. The molecule has 0 spiro atoms. The molecular weight excluding hydrogens is 336 g/mol. The van der Waals surface area contributed by atoms with Crippen LogP contribution in [0.5, 0.6) is 0 Å². The highest BCUT2D eigenvalue weighted by molar-refractivity contribution is 7.80. The van der Waals surface area contributed by atoms with E-state index in [4.69, 9.17) is 23.4 Å². The van der Waals surface area contributed by atoms with Gasteiger partial charge in [0.05, 0.1) is 17.5 Å². The summed E-state index contributed by atoms with van der Waals surface area (Å²) in [7, 11) is 0. The van der Waals surface area contributed by atoms with Gasteiger partial charge in [-0.1, -0.05) is 12.7 Å². The highest BCUT2D eigenvalue weighted by Gasteiger charge is 2.32. The van der Waals surface area contributed by atoms with Crippen molar-refractivity contribution in [3.8, 4) is 0 Å². The van der Waals surface area contributed by atoms with E-state index in [0.29, 0.717) is 23.8 Å². The number of carbonyl (C=O) groups is 1. The third-order valence-corrected chi connectivity index (χ3v) is 4.83. The number of piperazine rings is 1. The van der Waals surface area contributed by atoms with E-state index >= 15 is 0 Å². The molecule has 0 aromatic carbocycles. The van der Waals surface area contributed by atoms with Crippen molar-refractivity contribution in [1.29, 1.82) is 5.41 Å². The zero-order valence-electron chi connectivity index (χ0n) is 14.6. The Balaban J connectivity index is 0.000000258. The first-order chi connectivity index (χ1) is 11.9. The molecule has 138 valence electrons. The molecule has 0 radical (unpaired) electrons. The Bertz CT molecular complexity index is 612. The molecule has 1 unspecified atom stereocenters. The van der Waals surface area contributed by atoms with Crippen molar-refractivity contribution in [3.63, 3.8) is 0 Å². The molecule has 0 aromatic heterocycles. The van der Waals surface area contributed by atoms with Crippen LogP contribution >= 0.6 is 12.2 Å². The number of nitrogens with two attached hydrogens (primary N) is 1. The van der Waals surface area contributed by atoms with E-state index in [0.717, 1.165) is 38.3 Å². The third-order valence-electron chi connectivity index (χ3n) is 4.57. The van der Waals surface area contributed by atoms with Crippen LogP contribution < -0.4 is 5.73 Å². The van der Waals surface area contributed by atoms with Gasteiger partial charge in [-0.3, -0.25) is 9.79 Å². The lowest BCUT2D eigenvalue weighted by Gasteiger charge is -2.36. The molecule has 3 aliphatic heterocycles. The van der Waals surface area contributed by atoms with Crippen molar-refractivity contribution in [2.24, 2.45) is 10.7 Å². The molecule has 3 N–H and O–H groups in total. The quantitative estimate of drug-likeness (QED) is 0.683. The second kappa shape index (κ2) is 8.75. The monoisotopic (exact) mass is 364 g/mol. The molecular formula is C17H28N6OS. The van der Waals surface area contributed by atoms with Gasteiger partial charge in [-0.25, -0.2) is 0 Å². The summed E-state index contributed by atoms with van der Waals surface area (Å²) in [6, 6.07) is 0.0127. The fraction of sp³-hybridized carbons (Fsp3) is 0.529. The molecule has 3 rings (SSSR count). The van der Waals surface area contributed by atoms with Crippen molar-refractivity contribution >= 4 is 34.7 Å². The Kier molecular flexibility index (Phi) is 6.69. The van der Waals surface area contributed by atoms with Crippen molar-refractivity contribution in [3.05, 3.63) is 25.1 Å². The van der Waals surface area contributed by atoms with Gasteiger partial charge in [-0.2, -0.15) is 0 Å². The topological polar surface area (TPSA) is 89.0 Å². The third kappa shape index (κ3) is 4.88. The zero-order valence-corrected chi connectivity index (χ0v) is 15.5. The Hall–Kier alpha value is -2.22. The van der Waals surface area contributed by atoms with Crippen LogP contribution in [0.15, 0.2) is 30.0 Å². The predicted molar refractivity (Wildman–Crippen MR) is 107 cm³/mol. The summed E-state index contributed by atoms with van der Waals surface area (Å²) in [6.45, 7) is 9.71. The molecule has 0 bridgehead atoms. The zero-order chi connectivity index (χ0) is 18.4. The molecule has 0 aliphatic carbocycles. The molecule has 1 atom stereocenters. The van der Waals surface area contributed by atoms with Crippen LogP contribution in [-0.4, -0.2) is 75.9 Å². The highest BCUT2D eigenvalue weighted by atomic mass is 32.1. The minimum Gasteiger partial charge on any atom is -0.376 e. The summed E-state index contributed by atoms with van der Waals surface area (Å²) in [5, 5.41) is 8.25. The van der Waals surface area contributed by atoms with Gasteiger partial charge in [0, 0.05) is 53.7 Å². The number of nitrogens with one attached hydrogen (secondary N) is 1. The van der Waals surface area contributed by atoms with Gasteiger partial charge < -0.3 is 25.8 Å². The number of aliphatic imine (C=N–C) groups is 1. The van der Waals surface area contributed by atoms with Gasteiger partial charge in [0.1, 0.15) is 0 Å². The summed E-state index contributed by atoms with van der Waals surface area (Å²) < 4.78 is 0. The van der Waals surface area contributed by atoms with Crippen LogP contribution in [-0.2, 0) is 4.79 Å². The molecule has 3 heterocycles. The summed E-state index contributed by atoms with van der Waals surface area (Å²) >= 11 is 4.85. The van der Waals surface area contributed by atoms with E-state index in [9.17, 15) is 4.79 Å². The van der Waals surface area contributed by atoms with Crippen LogP contribution in [0.1, 0.15) is 21.2 Å². The van der Waals surface area contributed by atoms with Crippen LogP contribution in [0, 0.1) is 5.41 Å². The summed E-state index contributed by atoms with van der Waals surface area (Å²) in [5.74, 6) is 0.0745. The van der Waals surface area contributed by atoms with Gasteiger partial charge >= 0.3 is 0 Å². The molecule has 0 saturated carbocycles. The minimum atomic E-state index is 0. The second-order valence-corrected chi connectivity index (χ2v) is 6.55. The maximum atomic E-state index is 11.3. The number of carbonyl (C=O) groups excluding carboxylic acids is 1. The van der Waals surface area contributed by atoms with Gasteiger partial charge in [-0.05, 0) is 24.8 Å². The molecule has 1 amide bonds. The lowest BCUT2D eigenvalue weighted by atomic mass is 9.93. The fourth-order valence-electron chi connectivity index (χ4n) is 3.09. The SMILES string of the molecule is C=CN1CCN(C(N)=S)CC1.CC(=O)N1CCC(=N)C2=NC=CCC21.[HH]. The smallest absolute Gasteiger partial charge is 0.220 e.